The summed E-state index contributed by atoms with van der Waals surface area (Å²) < 4.78 is 5.51. The molecular weight excluding hydrogens is 226 g/mol. The molecule has 1 aromatic heterocycles. The molecule has 0 radical (unpaired) electrons. The quantitative estimate of drug-likeness (QED) is 0.813. The first-order valence-electron chi connectivity index (χ1n) is 6.57. The second kappa shape index (κ2) is 4.61. The molecule has 0 spiro atoms. The molecule has 0 aliphatic carbocycles. The van der Waals surface area contributed by atoms with Crippen molar-refractivity contribution in [3.8, 4) is 0 Å². The minimum absolute atomic E-state index is 0.633. The van der Waals surface area contributed by atoms with E-state index in [1.807, 2.05) is 6.07 Å². The Bertz CT molecular complexity index is 527. The lowest BCUT2D eigenvalue weighted by atomic mass is 10.2. The molecule has 1 fully saturated rings. The Morgan fingerprint density at radius 2 is 1.94 bits per heavy atom. The lowest BCUT2D eigenvalue weighted by molar-refractivity contribution is 0.209. The Kier molecular flexibility index (Phi) is 2.96. The highest BCUT2D eigenvalue weighted by atomic mass is 16.3. The highest BCUT2D eigenvalue weighted by Crippen LogP contribution is 2.27. The van der Waals surface area contributed by atoms with E-state index in [1.165, 1.54) is 12.1 Å². The zero-order valence-electron chi connectivity index (χ0n) is 11.0. The number of benzene rings is 1. The van der Waals surface area contributed by atoms with Crippen LogP contribution in [0.25, 0.3) is 11.1 Å². The minimum atomic E-state index is 0.633. The molecule has 3 rings (SSSR count). The SMILES string of the molecule is CC(C)N1CCN(c2cccc3ncoc23)CC1. The average molecular weight is 245 g/mol. The van der Waals surface area contributed by atoms with Gasteiger partial charge in [-0.05, 0) is 26.0 Å². The predicted molar refractivity (Wildman–Crippen MR) is 72.9 cm³/mol. The Morgan fingerprint density at radius 3 is 2.67 bits per heavy atom. The largest absolute Gasteiger partial charge is 0.441 e. The number of rotatable bonds is 2. The van der Waals surface area contributed by atoms with Gasteiger partial charge in [-0.3, -0.25) is 4.90 Å². The molecule has 1 aliphatic heterocycles. The molecule has 0 N–H and O–H groups in total. The molecular formula is C14H19N3O. The van der Waals surface area contributed by atoms with E-state index in [4.69, 9.17) is 4.42 Å². The molecule has 1 aromatic carbocycles. The zero-order chi connectivity index (χ0) is 12.5. The third kappa shape index (κ3) is 1.97. The maximum Gasteiger partial charge on any atom is 0.182 e. The molecule has 1 aliphatic rings. The van der Waals surface area contributed by atoms with Crippen LogP contribution < -0.4 is 4.90 Å². The van der Waals surface area contributed by atoms with Crippen molar-refractivity contribution in [3.63, 3.8) is 0 Å². The van der Waals surface area contributed by atoms with Gasteiger partial charge in [0.1, 0.15) is 5.52 Å². The highest BCUT2D eigenvalue weighted by Gasteiger charge is 2.21. The topological polar surface area (TPSA) is 32.5 Å². The van der Waals surface area contributed by atoms with Crippen molar-refractivity contribution in [1.82, 2.24) is 9.88 Å². The van der Waals surface area contributed by atoms with Crippen LogP contribution in [0.4, 0.5) is 5.69 Å². The van der Waals surface area contributed by atoms with E-state index in [1.54, 1.807) is 0 Å². The number of hydrogen-bond acceptors (Lipinski definition) is 4. The Balaban J connectivity index is 1.82. The fraction of sp³-hybridized carbons (Fsp3) is 0.500. The van der Waals surface area contributed by atoms with Gasteiger partial charge < -0.3 is 9.32 Å². The van der Waals surface area contributed by atoms with Crippen molar-refractivity contribution in [3.05, 3.63) is 24.6 Å². The summed E-state index contributed by atoms with van der Waals surface area (Å²) in [5.41, 5.74) is 3.03. The second-order valence-electron chi connectivity index (χ2n) is 5.09. The molecule has 0 amide bonds. The van der Waals surface area contributed by atoms with Crippen LogP contribution in [0, 0.1) is 0 Å². The molecule has 4 heteroatoms. The summed E-state index contributed by atoms with van der Waals surface area (Å²) in [5.74, 6) is 0. The summed E-state index contributed by atoms with van der Waals surface area (Å²) in [6, 6.07) is 6.80. The smallest absolute Gasteiger partial charge is 0.182 e. The predicted octanol–water partition coefficient (Wildman–Crippen LogP) is 2.36. The van der Waals surface area contributed by atoms with Gasteiger partial charge in [0.05, 0.1) is 5.69 Å². The van der Waals surface area contributed by atoms with Crippen LogP contribution in [-0.2, 0) is 0 Å². The van der Waals surface area contributed by atoms with Gasteiger partial charge in [-0.2, -0.15) is 0 Å². The number of aromatic nitrogens is 1. The molecule has 0 saturated carbocycles. The molecule has 0 unspecified atom stereocenters. The number of hydrogen-bond donors (Lipinski definition) is 0. The van der Waals surface area contributed by atoms with Crippen LogP contribution in [0.3, 0.4) is 0 Å². The second-order valence-corrected chi connectivity index (χ2v) is 5.09. The van der Waals surface area contributed by atoms with E-state index >= 15 is 0 Å². The molecule has 96 valence electrons. The van der Waals surface area contributed by atoms with E-state index in [9.17, 15) is 0 Å². The van der Waals surface area contributed by atoms with Gasteiger partial charge in [0, 0.05) is 32.2 Å². The van der Waals surface area contributed by atoms with E-state index in [0.29, 0.717) is 6.04 Å². The summed E-state index contributed by atoms with van der Waals surface area (Å²) in [7, 11) is 0. The van der Waals surface area contributed by atoms with Crippen LogP contribution >= 0.6 is 0 Å². The van der Waals surface area contributed by atoms with Gasteiger partial charge in [0.2, 0.25) is 0 Å². The molecule has 18 heavy (non-hydrogen) atoms. The fourth-order valence-electron chi connectivity index (χ4n) is 2.60. The van der Waals surface area contributed by atoms with Gasteiger partial charge in [-0.25, -0.2) is 4.98 Å². The standard InChI is InChI=1S/C14H19N3O/c1-11(2)16-6-8-17(9-7-16)13-5-3-4-12-14(13)18-10-15-12/h3-5,10-11H,6-9H2,1-2H3. The number of para-hydroxylation sites is 1. The number of piperazine rings is 1. The summed E-state index contributed by atoms with van der Waals surface area (Å²) >= 11 is 0. The Labute approximate surface area is 107 Å². The van der Waals surface area contributed by atoms with Gasteiger partial charge in [-0.1, -0.05) is 6.07 Å². The Morgan fingerprint density at radius 1 is 1.17 bits per heavy atom. The van der Waals surface area contributed by atoms with Gasteiger partial charge in [0.15, 0.2) is 12.0 Å². The highest BCUT2D eigenvalue weighted by molar-refractivity contribution is 5.86. The Hall–Kier alpha value is -1.55. The van der Waals surface area contributed by atoms with Crippen molar-refractivity contribution in [2.75, 3.05) is 31.1 Å². The van der Waals surface area contributed by atoms with Gasteiger partial charge in [-0.15, -0.1) is 0 Å². The number of nitrogens with zero attached hydrogens (tertiary/aromatic N) is 3. The summed E-state index contributed by atoms with van der Waals surface area (Å²) in [5, 5.41) is 0. The monoisotopic (exact) mass is 245 g/mol. The number of anilines is 1. The maximum absolute atomic E-state index is 5.51. The van der Waals surface area contributed by atoms with Crippen LogP contribution in [-0.4, -0.2) is 42.1 Å². The van der Waals surface area contributed by atoms with Crippen LogP contribution in [0.15, 0.2) is 29.0 Å². The molecule has 2 aromatic rings. The third-order valence-electron chi connectivity index (χ3n) is 3.72. The lowest BCUT2D eigenvalue weighted by Crippen LogP contribution is -2.48. The molecule has 0 bridgehead atoms. The summed E-state index contributed by atoms with van der Waals surface area (Å²) in [6.07, 6.45) is 1.53. The number of fused-ring (bicyclic) bond motifs is 1. The zero-order valence-corrected chi connectivity index (χ0v) is 11.0. The summed E-state index contributed by atoms with van der Waals surface area (Å²) in [4.78, 5) is 9.12. The van der Waals surface area contributed by atoms with Crippen LogP contribution in [0.1, 0.15) is 13.8 Å². The first-order valence-corrected chi connectivity index (χ1v) is 6.57. The van der Waals surface area contributed by atoms with Gasteiger partial charge in [0.25, 0.3) is 0 Å². The average Bonchev–Trinajstić information content (AvgIpc) is 2.87. The molecule has 4 nitrogen and oxygen atoms in total. The first kappa shape index (κ1) is 11.5. The van der Waals surface area contributed by atoms with Crippen molar-refractivity contribution < 1.29 is 4.42 Å². The van der Waals surface area contributed by atoms with Crippen LogP contribution in [0.5, 0.6) is 0 Å². The molecule has 0 atom stereocenters. The van der Waals surface area contributed by atoms with E-state index < -0.39 is 0 Å². The van der Waals surface area contributed by atoms with Crippen LogP contribution in [0.2, 0.25) is 0 Å². The van der Waals surface area contributed by atoms with Crippen molar-refractivity contribution >= 4 is 16.8 Å². The van der Waals surface area contributed by atoms with E-state index in [-0.39, 0.29) is 0 Å². The van der Waals surface area contributed by atoms with E-state index in [2.05, 4.69) is 40.8 Å². The number of oxazole rings is 1. The van der Waals surface area contributed by atoms with E-state index in [0.717, 1.165) is 37.3 Å². The first-order chi connectivity index (χ1) is 8.75. The maximum atomic E-state index is 5.51. The minimum Gasteiger partial charge on any atom is -0.441 e. The molecule has 1 saturated heterocycles. The third-order valence-corrected chi connectivity index (χ3v) is 3.72. The van der Waals surface area contributed by atoms with Gasteiger partial charge >= 0.3 is 0 Å². The molecule has 2 heterocycles. The van der Waals surface area contributed by atoms with Crippen molar-refractivity contribution in [2.24, 2.45) is 0 Å². The fourth-order valence-corrected chi connectivity index (χ4v) is 2.60. The lowest BCUT2D eigenvalue weighted by Gasteiger charge is -2.37. The van der Waals surface area contributed by atoms with Crippen molar-refractivity contribution in [2.45, 2.75) is 19.9 Å². The van der Waals surface area contributed by atoms with Crippen molar-refractivity contribution in [1.29, 1.82) is 0 Å². The normalized spacial score (nSPS) is 17.8. The summed E-state index contributed by atoms with van der Waals surface area (Å²) in [6.45, 7) is 8.85.